The van der Waals surface area contributed by atoms with Crippen LogP contribution in [0.1, 0.15) is 23.1 Å². The molecule has 0 saturated carbocycles. The molecule has 0 unspecified atom stereocenters. The van der Waals surface area contributed by atoms with E-state index in [0.29, 0.717) is 30.9 Å². The Labute approximate surface area is 163 Å². The molecule has 0 aliphatic carbocycles. The number of carbonyl (C=O) groups is 2. The first kappa shape index (κ1) is 19.4. The molecule has 3 aromatic rings. The molecular weight excluding hydrogens is 358 g/mol. The van der Waals surface area contributed by atoms with Crippen LogP contribution in [0.4, 0.5) is 0 Å². The van der Waals surface area contributed by atoms with E-state index in [1.807, 2.05) is 28.8 Å². The van der Waals surface area contributed by atoms with Crippen LogP contribution in [0.2, 0.25) is 0 Å². The Morgan fingerprint density at radius 1 is 1.11 bits per heavy atom. The quantitative estimate of drug-likeness (QED) is 0.607. The van der Waals surface area contributed by atoms with Gasteiger partial charge in [0.2, 0.25) is 0 Å². The van der Waals surface area contributed by atoms with E-state index >= 15 is 0 Å². The van der Waals surface area contributed by atoms with E-state index in [1.54, 1.807) is 38.3 Å². The highest BCUT2D eigenvalue weighted by Crippen LogP contribution is 2.17. The molecule has 0 fully saturated rings. The molecule has 0 bridgehead atoms. The summed E-state index contributed by atoms with van der Waals surface area (Å²) in [5, 5.41) is 2.89. The second-order valence-corrected chi connectivity index (χ2v) is 6.14. The predicted molar refractivity (Wildman–Crippen MR) is 105 cm³/mol. The monoisotopic (exact) mass is 381 g/mol. The molecule has 146 valence electrons. The second kappa shape index (κ2) is 9.03. The maximum Gasteiger partial charge on any atom is 0.326 e. The molecule has 1 heterocycles. The van der Waals surface area contributed by atoms with Crippen LogP contribution in [0, 0.1) is 0 Å². The van der Waals surface area contributed by atoms with Gasteiger partial charge in [0.25, 0.3) is 5.91 Å². The van der Waals surface area contributed by atoms with Gasteiger partial charge in [0.15, 0.2) is 0 Å². The highest BCUT2D eigenvalue weighted by molar-refractivity contribution is 5.94. The van der Waals surface area contributed by atoms with Gasteiger partial charge in [-0.15, -0.1) is 0 Å². The van der Waals surface area contributed by atoms with Crippen molar-refractivity contribution in [3.63, 3.8) is 0 Å². The van der Waals surface area contributed by atoms with Gasteiger partial charge in [-0.25, -0.2) is 4.98 Å². The van der Waals surface area contributed by atoms with Crippen molar-refractivity contribution in [2.24, 2.45) is 0 Å². The number of methoxy groups -OCH3 is 1. The van der Waals surface area contributed by atoms with Crippen LogP contribution in [0.15, 0.2) is 48.5 Å². The summed E-state index contributed by atoms with van der Waals surface area (Å²) >= 11 is 0. The summed E-state index contributed by atoms with van der Waals surface area (Å²) in [5.74, 6) is 0.943. The largest absolute Gasteiger partial charge is 0.497 e. The lowest BCUT2D eigenvalue weighted by atomic mass is 10.2. The van der Waals surface area contributed by atoms with E-state index in [4.69, 9.17) is 9.47 Å². The lowest BCUT2D eigenvalue weighted by Crippen LogP contribution is -2.27. The molecule has 1 amide bonds. The van der Waals surface area contributed by atoms with Gasteiger partial charge in [-0.2, -0.15) is 0 Å². The first-order valence-electron chi connectivity index (χ1n) is 9.14. The fourth-order valence-corrected chi connectivity index (χ4v) is 2.96. The van der Waals surface area contributed by atoms with Crippen LogP contribution in [0.5, 0.6) is 5.75 Å². The van der Waals surface area contributed by atoms with Crippen molar-refractivity contribution in [3.8, 4) is 5.75 Å². The SMILES string of the molecule is CCOC(=O)Cn1c(CCNC(=O)c2ccc(OC)cc2)nc2ccccc21. The lowest BCUT2D eigenvalue weighted by Gasteiger charge is -2.10. The van der Waals surface area contributed by atoms with E-state index in [2.05, 4.69) is 10.3 Å². The maximum absolute atomic E-state index is 12.3. The van der Waals surface area contributed by atoms with Crippen molar-refractivity contribution in [2.45, 2.75) is 19.9 Å². The number of hydrogen-bond donors (Lipinski definition) is 1. The predicted octanol–water partition coefficient (Wildman–Crippen LogP) is 2.58. The van der Waals surface area contributed by atoms with Gasteiger partial charge < -0.3 is 19.4 Å². The van der Waals surface area contributed by atoms with Crippen LogP contribution in [-0.2, 0) is 22.5 Å². The summed E-state index contributed by atoms with van der Waals surface area (Å²) in [6.45, 7) is 2.60. The minimum Gasteiger partial charge on any atom is -0.497 e. The Bertz CT molecular complexity index is 963. The molecule has 0 saturated heterocycles. The molecule has 0 spiro atoms. The normalized spacial score (nSPS) is 10.6. The third-order valence-electron chi connectivity index (χ3n) is 4.31. The fraction of sp³-hybridized carbons (Fsp3) is 0.286. The fourth-order valence-electron chi connectivity index (χ4n) is 2.96. The summed E-state index contributed by atoms with van der Waals surface area (Å²) in [6.07, 6.45) is 0.496. The van der Waals surface area contributed by atoms with Crippen LogP contribution < -0.4 is 10.1 Å². The highest BCUT2D eigenvalue weighted by atomic mass is 16.5. The van der Waals surface area contributed by atoms with Crippen molar-refractivity contribution >= 4 is 22.9 Å². The van der Waals surface area contributed by atoms with Gasteiger partial charge in [-0.3, -0.25) is 9.59 Å². The smallest absolute Gasteiger partial charge is 0.326 e. The summed E-state index contributed by atoms with van der Waals surface area (Å²) in [4.78, 5) is 28.9. The number of nitrogens with one attached hydrogen (secondary N) is 1. The Morgan fingerprint density at radius 3 is 2.57 bits per heavy atom. The molecular formula is C21H23N3O4. The number of esters is 1. The summed E-state index contributed by atoms with van der Waals surface area (Å²) < 4.78 is 12.0. The van der Waals surface area contributed by atoms with Crippen molar-refractivity contribution in [1.82, 2.24) is 14.9 Å². The van der Waals surface area contributed by atoms with Crippen molar-refractivity contribution in [2.75, 3.05) is 20.3 Å². The van der Waals surface area contributed by atoms with Gasteiger partial charge in [0.1, 0.15) is 18.1 Å². The average molecular weight is 381 g/mol. The first-order chi connectivity index (χ1) is 13.6. The summed E-state index contributed by atoms with van der Waals surface area (Å²) in [5.41, 5.74) is 2.23. The molecule has 1 aromatic heterocycles. The minimum atomic E-state index is -0.311. The van der Waals surface area contributed by atoms with Crippen molar-refractivity contribution in [3.05, 3.63) is 59.9 Å². The summed E-state index contributed by atoms with van der Waals surface area (Å²) in [6, 6.07) is 14.5. The Kier molecular flexibility index (Phi) is 6.26. The Hall–Kier alpha value is -3.35. The molecule has 0 radical (unpaired) electrons. The molecule has 0 aliphatic heterocycles. The Morgan fingerprint density at radius 2 is 1.86 bits per heavy atom. The van der Waals surface area contributed by atoms with Gasteiger partial charge in [-0.1, -0.05) is 12.1 Å². The van der Waals surface area contributed by atoms with E-state index in [0.717, 1.165) is 16.9 Å². The molecule has 1 N–H and O–H groups in total. The number of hydrogen-bond acceptors (Lipinski definition) is 5. The zero-order valence-electron chi connectivity index (χ0n) is 16.0. The minimum absolute atomic E-state index is 0.0934. The number of fused-ring (bicyclic) bond motifs is 1. The van der Waals surface area contributed by atoms with Crippen LogP contribution in [0.3, 0.4) is 0 Å². The Balaban J connectivity index is 1.69. The molecule has 3 rings (SSSR count). The van der Waals surface area contributed by atoms with E-state index in [-0.39, 0.29) is 18.4 Å². The third kappa shape index (κ3) is 4.49. The zero-order valence-corrected chi connectivity index (χ0v) is 16.0. The van der Waals surface area contributed by atoms with E-state index < -0.39 is 0 Å². The van der Waals surface area contributed by atoms with Gasteiger partial charge in [0.05, 0.1) is 24.8 Å². The van der Waals surface area contributed by atoms with Crippen LogP contribution in [-0.4, -0.2) is 41.7 Å². The molecule has 2 aromatic carbocycles. The van der Waals surface area contributed by atoms with Gasteiger partial charge in [0, 0.05) is 18.5 Å². The van der Waals surface area contributed by atoms with Crippen molar-refractivity contribution < 1.29 is 19.1 Å². The number of nitrogens with zero attached hydrogens (tertiary/aromatic N) is 2. The number of imidazole rings is 1. The third-order valence-corrected chi connectivity index (χ3v) is 4.31. The topological polar surface area (TPSA) is 82.5 Å². The number of carbonyl (C=O) groups excluding carboxylic acids is 2. The number of amides is 1. The maximum atomic E-state index is 12.3. The van der Waals surface area contributed by atoms with E-state index in [1.165, 1.54) is 0 Å². The highest BCUT2D eigenvalue weighted by Gasteiger charge is 2.14. The molecule has 28 heavy (non-hydrogen) atoms. The van der Waals surface area contributed by atoms with Crippen LogP contribution in [0.25, 0.3) is 11.0 Å². The van der Waals surface area contributed by atoms with Crippen LogP contribution >= 0.6 is 0 Å². The zero-order chi connectivity index (χ0) is 19.9. The van der Waals surface area contributed by atoms with Gasteiger partial charge >= 0.3 is 5.97 Å². The average Bonchev–Trinajstić information content (AvgIpc) is 3.05. The number of benzene rings is 2. The van der Waals surface area contributed by atoms with Gasteiger partial charge in [-0.05, 0) is 43.3 Å². The number of aromatic nitrogens is 2. The molecule has 0 atom stereocenters. The molecule has 7 heteroatoms. The first-order valence-corrected chi connectivity index (χ1v) is 9.14. The molecule has 0 aliphatic rings. The number of ether oxygens (including phenoxy) is 2. The second-order valence-electron chi connectivity index (χ2n) is 6.14. The molecule has 7 nitrogen and oxygen atoms in total. The van der Waals surface area contributed by atoms with Crippen molar-refractivity contribution in [1.29, 1.82) is 0 Å². The standard InChI is InChI=1S/C21H23N3O4/c1-3-28-20(25)14-24-18-7-5-4-6-17(18)23-19(24)12-13-22-21(26)15-8-10-16(27-2)11-9-15/h4-11H,3,12-14H2,1-2H3,(H,22,26). The van der Waals surface area contributed by atoms with E-state index in [9.17, 15) is 9.59 Å². The number of para-hydroxylation sites is 2. The number of rotatable bonds is 8. The lowest BCUT2D eigenvalue weighted by molar-refractivity contribution is -0.143. The summed E-state index contributed by atoms with van der Waals surface area (Å²) in [7, 11) is 1.58.